The molecule has 0 saturated carbocycles. The van der Waals surface area contributed by atoms with E-state index in [9.17, 15) is 9.59 Å². The molecule has 6 rings (SSSR count). The first-order valence-corrected chi connectivity index (χ1v) is 11.5. The van der Waals surface area contributed by atoms with Gasteiger partial charge in [-0.05, 0) is 29.8 Å². The van der Waals surface area contributed by atoms with Crippen molar-refractivity contribution < 1.29 is 9.59 Å². The van der Waals surface area contributed by atoms with Crippen LogP contribution in [-0.2, 0) is 6.54 Å². The van der Waals surface area contributed by atoms with E-state index in [-0.39, 0.29) is 18.4 Å². The Bertz CT molecular complexity index is 1570. The average molecular weight is 459 g/mol. The van der Waals surface area contributed by atoms with Crippen molar-refractivity contribution in [3.63, 3.8) is 0 Å². The summed E-state index contributed by atoms with van der Waals surface area (Å²) in [6.45, 7) is 0.810. The number of rotatable bonds is 6. The molecule has 0 spiro atoms. The Morgan fingerprint density at radius 3 is 2.31 bits per heavy atom. The Morgan fingerprint density at radius 1 is 0.800 bits per heavy atom. The first-order valence-electron chi connectivity index (χ1n) is 11.5. The zero-order valence-electron chi connectivity index (χ0n) is 18.9. The van der Waals surface area contributed by atoms with Gasteiger partial charge < -0.3 is 10.6 Å². The fourth-order valence-corrected chi connectivity index (χ4v) is 4.67. The zero-order chi connectivity index (χ0) is 23.8. The molecule has 6 heteroatoms. The highest BCUT2D eigenvalue weighted by atomic mass is 16.1. The molecule has 1 amide bonds. The third-order valence-electron chi connectivity index (χ3n) is 6.31. The predicted octanol–water partition coefficient (Wildman–Crippen LogP) is 5.10. The molecule has 1 aliphatic carbocycles. The van der Waals surface area contributed by atoms with E-state index in [0.29, 0.717) is 28.9 Å². The molecule has 35 heavy (non-hydrogen) atoms. The summed E-state index contributed by atoms with van der Waals surface area (Å²) in [5.74, 6) is -0.226. The molecular formula is C29H22N4O2. The molecule has 0 bridgehead atoms. The Labute approximate surface area is 202 Å². The van der Waals surface area contributed by atoms with Gasteiger partial charge in [0, 0.05) is 27.8 Å². The number of hydrogen-bond donors (Lipinski definition) is 2. The molecule has 1 heterocycles. The molecule has 0 unspecified atom stereocenters. The van der Waals surface area contributed by atoms with E-state index in [1.807, 2.05) is 77.5 Å². The van der Waals surface area contributed by atoms with Gasteiger partial charge in [-0.1, -0.05) is 72.8 Å². The summed E-state index contributed by atoms with van der Waals surface area (Å²) in [4.78, 5) is 26.0. The molecule has 6 nitrogen and oxygen atoms in total. The molecule has 0 radical (unpaired) electrons. The van der Waals surface area contributed by atoms with Crippen LogP contribution in [-0.4, -0.2) is 28.1 Å². The average Bonchev–Trinajstić information content (AvgIpc) is 3.27. The Hall–Kier alpha value is -4.71. The highest BCUT2D eigenvalue weighted by Gasteiger charge is 2.30. The van der Waals surface area contributed by atoms with E-state index < -0.39 is 0 Å². The number of carbonyl (C=O) groups excluding carboxylic acids is 2. The van der Waals surface area contributed by atoms with Gasteiger partial charge in [0.1, 0.15) is 5.69 Å². The van der Waals surface area contributed by atoms with Crippen molar-refractivity contribution in [2.24, 2.45) is 0 Å². The van der Waals surface area contributed by atoms with Crippen LogP contribution in [0.2, 0.25) is 0 Å². The van der Waals surface area contributed by atoms with E-state index in [1.54, 1.807) is 12.1 Å². The molecule has 2 N–H and O–H groups in total. The maximum Gasteiger partial charge on any atom is 0.252 e. The smallest absolute Gasteiger partial charge is 0.252 e. The van der Waals surface area contributed by atoms with Crippen LogP contribution in [0, 0.1) is 0 Å². The fraction of sp³-hybridized carbons (Fsp3) is 0.0690. The Balaban J connectivity index is 1.34. The first kappa shape index (κ1) is 20.9. The van der Waals surface area contributed by atoms with Crippen LogP contribution in [0.3, 0.4) is 0 Å². The number of carbonyl (C=O) groups is 2. The minimum absolute atomic E-state index is 0.0464. The summed E-state index contributed by atoms with van der Waals surface area (Å²) >= 11 is 0. The van der Waals surface area contributed by atoms with E-state index in [4.69, 9.17) is 5.10 Å². The van der Waals surface area contributed by atoms with Gasteiger partial charge in [0.05, 0.1) is 24.3 Å². The van der Waals surface area contributed by atoms with Gasteiger partial charge in [-0.2, -0.15) is 5.10 Å². The second-order valence-corrected chi connectivity index (χ2v) is 8.47. The fourth-order valence-electron chi connectivity index (χ4n) is 4.67. The first-order chi connectivity index (χ1) is 17.2. The number of aromatic nitrogens is 2. The maximum absolute atomic E-state index is 13.6. The minimum Gasteiger partial charge on any atom is -0.367 e. The number of hydrogen-bond acceptors (Lipinski definition) is 4. The van der Waals surface area contributed by atoms with Crippen molar-refractivity contribution in [1.82, 2.24) is 15.1 Å². The van der Waals surface area contributed by atoms with E-state index in [2.05, 4.69) is 22.8 Å². The van der Waals surface area contributed by atoms with Crippen molar-refractivity contribution >= 4 is 28.3 Å². The highest BCUT2D eigenvalue weighted by Crippen LogP contribution is 2.41. The number of amides is 1. The number of benzene rings is 4. The monoisotopic (exact) mass is 458 g/mol. The molecular weight excluding hydrogens is 436 g/mol. The lowest BCUT2D eigenvalue weighted by molar-refractivity contribution is 0.0956. The van der Waals surface area contributed by atoms with Crippen LogP contribution in [0.4, 0.5) is 5.69 Å². The number of fused-ring (bicyclic) bond motifs is 2. The maximum atomic E-state index is 13.6. The molecule has 1 aromatic heterocycles. The van der Waals surface area contributed by atoms with Gasteiger partial charge in [-0.3, -0.25) is 14.3 Å². The summed E-state index contributed by atoms with van der Waals surface area (Å²) in [6, 6.07) is 30.7. The van der Waals surface area contributed by atoms with Crippen LogP contribution in [0.25, 0.3) is 22.2 Å². The topological polar surface area (TPSA) is 76.0 Å². The Kier molecular flexibility index (Phi) is 5.11. The van der Waals surface area contributed by atoms with Crippen molar-refractivity contribution in [3.8, 4) is 11.3 Å². The lowest BCUT2D eigenvalue weighted by Gasteiger charge is -2.19. The largest absolute Gasteiger partial charge is 0.367 e. The zero-order valence-corrected chi connectivity index (χ0v) is 18.9. The van der Waals surface area contributed by atoms with E-state index >= 15 is 0 Å². The van der Waals surface area contributed by atoms with Crippen LogP contribution in [0.5, 0.6) is 0 Å². The van der Waals surface area contributed by atoms with Crippen molar-refractivity contribution in [3.05, 3.63) is 119 Å². The summed E-state index contributed by atoms with van der Waals surface area (Å²) in [5.41, 5.74) is 6.15. The number of nitrogens with one attached hydrogen (secondary N) is 2. The molecule has 0 atom stereocenters. The second kappa shape index (κ2) is 8.57. The summed E-state index contributed by atoms with van der Waals surface area (Å²) in [6.07, 6.45) is 0. The predicted molar refractivity (Wildman–Crippen MR) is 137 cm³/mol. The van der Waals surface area contributed by atoms with Gasteiger partial charge in [-0.15, -0.1) is 0 Å². The Morgan fingerprint density at radius 2 is 1.51 bits per heavy atom. The standard InChI is InChI=1S/C29H22N4O2/c34-28-22-14-8-16-24-26(22)27(32-33(24)17-19-9-3-1-4-10-19)21-13-7-15-23(25(21)28)30-18-31-29(35)20-11-5-2-6-12-20/h1-16,30H,17-18H2,(H,31,35). The van der Waals surface area contributed by atoms with Crippen LogP contribution < -0.4 is 10.6 Å². The van der Waals surface area contributed by atoms with Gasteiger partial charge in [-0.25, -0.2) is 0 Å². The highest BCUT2D eigenvalue weighted by molar-refractivity contribution is 6.27. The van der Waals surface area contributed by atoms with Crippen LogP contribution in [0.15, 0.2) is 97.1 Å². The molecule has 4 aromatic carbocycles. The number of nitrogens with zero attached hydrogens (tertiary/aromatic N) is 2. The van der Waals surface area contributed by atoms with E-state index in [1.165, 1.54) is 0 Å². The SMILES string of the molecule is O=C(NCNc1cccc2c1C(=O)c1cccc3c1c-2nn3Cc1ccccc1)c1ccccc1. The van der Waals surface area contributed by atoms with E-state index in [0.717, 1.165) is 27.7 Å². The minimum atomic E-state index is -0.180. The number of anilines is 1. The third kappa shape index (κ3) is 3.65. The molecule has 0 saturated heterocycles. The molecule has 170 valence electrons. The summed E-state index contributed by atoms with van der Waals surface area (Å²) < 4.78 is 1.96. The molecule has 0 fully saturated rings. The van der Waals surface area contributed by atoms with Gasteiger partial charge in [0.25, 0.3) is 5.91 Å². The summed E-state index contributed by atoms with van der Waals surface area (Å²) in [7, 11) is 0. The van der Waals surface area contributed by atoms with Crippen molar-refractivity contribution in [2.75, 3.05) is 12.0 Å². The van der Waals surface area contributed by atoms with Crippen molar-refractivity contribution in [1.29, 1.82) is 0 Å². The van der Waals surface area contributed by atoms with Crippen LogP contribution >= 0.6 is 0 Å². The molecule has 5 aromatic rings. The normalized spacial score (nSPS) is 11.8. The van der Waals surface area contributed by atoms with Crippen molar-refractivity contribution in [2.45, 2.75) is 6.54 Å². The number of ketones is 1. The van der Waals surface area contributed by atoms with Gasteiger partial charge >= 0.3 is 0 Å². The third-order valence-corrected chi connectivity index (χ3v) is 6.31. The molecule has 1 aliphatic rings. The van der Waals surface area contributed by atoms with Gasteiger partial charge in [0.2, 0.25) is 0 Å². The quantitative estimate of drug-likeness (QED) is 0.341. The lowest BCUT2D eigenvalue weighted by atomic mass is 9.86. The lowest BCUT2D eigenvalue weighted by Crippen LogP contribution is -2.29. The summed E-state index contributed by atoms with van der Waals surface area (Å²) in [5, 5.41) is 11.9. The second-order valence-electron chi connectivity index (χ2n) is 8.47. The van der Waals surface area contributed by atoms with Gasteiger partial charge in [0.15, 0.2) is 5.78 Å². The molecule has 0 aliphatic heterocycles. The van der Waals surface area contributed by atoms with Crippen LogP contribution in [0.1, 0.15) is 31.8 Å².